The van der Waals surface area contributed by atoms with Gasteiger partial charge in [-0.3, -0.25) is 4.98 Å². The number of halogens is 6. The number of nitrogens with two attached hydrogens (primary N) is 1. The van der Waals surface area contributed by atoms with Crippen molar-refractivity contribution in [2.75, 3.05) is 0 Å². The molecule has 1 rings (SSSR count). The zero-order valence-corrected chi connectivity index (χ0v) is 9.64. The highest BCUT2D eigenvalue weighted by molar-refractivity contribution is 5.45. The second-order valence-corrected chi connectivity index (χ2v) is 3.52. The Labute approximate surface area is 108 Å². The molecule has 0 atom stereocenters. The zero-order chi connectivity index (χ0) is 15.6. The summed E-state index contributed by atoms with van der Waals surface area (Å²) in [7, 11) is 0. The lowest BCUT2D eigenvalue weighted by Gasteiger charge is -2.18. The van der Waals surface area contributed by atoms with Crippen molar-refractivity contribution in [1.82, 2.24) is 4.98 Å². The highest BCUT2D eigenvalue weighted by atomic mass is 19.4. The van der Waals surface area contributed by atoms with Crippen LogP contribution in [-0.4, -0.2) is 11.3 Å². The first-order chi connectivity index (χ1) is 9.10. The third kappa shape index (κ3) is 3.74. The molecule has 0 unspecified atom stereocenters. The largest absolute Gasteiger partial charge is 0.573 e. The standard InChI is InChI=1S/C10H7F6N3O/c11-9(12,13)8-6(3-18)7(20-10(14,15)16)5(1-2-17)4-19-8/h4H,1,3,18H2. The molecule has 2 N–H and O–H groups in total. The van der Waals surface area contributed by atoms with Crippen molar-refractivity contribution in [3.05, 3.63) is 23.0 Å². The van der Waals surface area contributed by atoms with Gasteiger partial charge in [0, 0.05) is 23.9 Å². The normalized spacial score (nSPS) is 12.1. The molecule has 0 amide bonds. The summed E-state index contributed by atoms with van der Waals surface area (Å²) in [5, 5.41) is 8.47. The Balaban J connectivity index is 3.51. The van der Waals surface area contributed by atoms with Crippen LogP contribution in [0.2, 0.25) is 0 Å². The molecular weight excluding hydrogens is 292 g/mol. The molecule has 4 nitrogen and oxygen atoms in total. The van der Waals surface area contributed by atoms with Gasteiger partial charge in [-0.25, -0.2) is 0 Å². The van der Waals surface area contributed by atoms with Crippen molar-refractivity contribution >= 4 is 0 Å². The van der Waals surface area contributed by atoms with Crippen LogP contribution in [0.5, 0.6) is 5.75 Å². The fourth-order valence-corrected chi connectivity index (χ4v) is 1.47. The number of alkyl halides is 6. The lowest BCUT2D eigenvalue weighted by molar-refractivity contribution is -0.275. The number of nitrogens with zero attached hydrogens (tertiary/aromatic N) is 2. The van der Waals surface area contributed by atoms with Gasteiger partial charge in [0.1, 0.15) is 5.75 Å². The van der Waals surface area contributed by atoms with Crippen LogP contribution in [0.15, 0.2) is 6.20 Å². The van der Waals surface area contributed by atoms with Crippen LogP contribution >= 0.6 is 0 Å². The van der Waals surface area contributed by atoms with Gasteiger partial charge < -0.3 is 10.5 Å². The van der Waals surface area contributed by atoms with E-state index in [-0.39, 0.29) is 0 Å². The summed E-state index contributed by atoms with van der Waals surface area (Å²) in [5.41, 5.74) is 2.13. The van der Waals surface area contributed by atoms with Crippen molar-refractivity contribution in [3.63, 3.8) is 0 Å². The molecule has 0 aliphatic carbocycles. The van der Waals surface area contributed by atoms with Gasteiger partial charge in [0.05, 0.1) is 12.5 Å². The minimum Gasteiger partial charge on any atom is -0.405 e. The molecule has 0 spiro atoms. The van der Waals surface area contributed by atoms with Gasteiger partial charge in [-0.1, -0.05) is 0 Å². The number of rotatable bonds is 3. The van der Waals surface area contributed by atoms with Crippen molar-refractivity contribution < 1.29 is 31.1 Å². The van der Waals surface area contributed by atoms with Crippen LogP contribution in [-0.2, 0) is 19.1 Å². The van der Waals surface area contributed by atoms with Gasteiger partial charge in [0.25, 0.3) is 0 Å². The van der Waals surface area contributed by atoms with Gasteiger partial charge in [-0.2, -0.15) is 18.4 Å². The van der Waals surface area contributed by atoms with E-state index in [1.165, 1.54) is 6.07 Å². The lowest BCUT2D eigenvalue weighted by atomic mass is 10.1. The molecule has 0 saturated heterocycles. The van der Waals surface area contributed by atoms with Crippen molar-refractivity contribution in [1.29, 1.82) is 5.26 Å². The minimum absolute atomic E-state index is 0.418. The smallest absolute Gasteiger partial charge is 0.405 e. The molecule has 0 radical (unpaired) electrons. The predicted octanol–water partition coefficient (Wildman–Crippen LogP) is 2.52. The number of aromatic nitrogens is 1. The van der Waals surface area contributed by atoms with Crippen LogP contribution in [0, 0.1) is 11.3 Å². The molecule has 0 aliphatic heterocycles. The van der Waals surface area contributed by atoms with Crippen LogP contribution in [0.3, 0.4) is 0 Å². The van der Waals surface area contributed by atoms with E-state index in [0.717, 1.165) is 0 Å². The Kier molecular flexibility index (Phi) is 4.44. The first kappa shape index (κ1) is 16.0. The summed E-state index contributed by atoms with van der Waals surface area (Å²) < 4.78 is 78.3. The summed E-state index contributed by atoms with van der Waals surface area (Å²) in [6, 6.07) is 1.51. The number of hydrogen-bond acceptors (Lipinski definition) is 4. The van der Waals surface area contributed by atoms with E-state index in [2.05, 4.69) is 9.72 Å². The molecule has 20 heavy (non-hydrogen) atoms. The first-order valence-electron chi connectivity index (χ1n) is 5.01. The van der Waals surface area contributed by atoms with E-state index in [1.807, 2.05) is 0 Å². The molecule has 0 bridgehead atoms. The quantitative estimate of drug-likeness (QED) is 0.870. The van der Waals surface area contributed by atoms with Crippen LogP contribution in [0.4, 0.5) is 26.3 Å². The summed E-state index contributed by atoms with van der Waals surface area (Å²) >= 11 is 0. The number of hydrogen-bond donors (Lipinski definition) is 1. The Bertz CT molecular complexity index is 532. The van der Waals surface area contributed by atoms with Gasteiger partial charge in [0.15, 0.2) is 5.69 Å². The summed E-state index contributed by atoms with van der Waals surface area (Å²) in [5.74, 6) is -1.12. The predicted molar refractivity (Wildman–Crippen MR) is 53.1 cm³/mol. The third-order valence-electron chi connectivity index (χ3n) is 2.16. The van der Waals surface area contributed by atoms with E-state index in [0.29, 0.717) is 6.20 Å². The molecule has 0 aliphatic rings. The maximum Gasteiger partial charge on any atom is 0.573 e. The SMILES string of the molecule is N#CCc1cnc(C(F)(F)F)c(CN)c1OC(F)(F)F. The molecule has 1 aromatic rings. The van der Waals surface area contributed by atoms with Crippen molar-refractivity contribution in [2.45, 2.75) is 25.5 Å². The lowest BCUT2D eigenvalue weighted by Crippen LogP contribution is -2.23. The van der Waals surface area contributed by atoms with Gasteiger partial charge >= 0.3 is 12.5 Å². The van der Waals surface area contributed by atoms with Crippen molar-refractivity contribution in [3.8, 4) is 11.8 Å². The molecule has 1 aromatic heterocycles. The highest BCUT2D eigenvalue weighted by Crippen LogP contribution is 2.38. The second kappa shape index (κ2) is 5.54. The van der Waals surface area contributed by atoms with Gasteiger partial charge in [-0.05, 0) is 0 Å². The Hall–Kier alpha value is -2.02. The summed E-state index contributed by atoms with van der Waals surface area (Å²) in [6.45, 7) is -0.869. The fourth-order valence-electron chi connectivity index (χ4n) is 1.47. The Morgan fingerprint density at radius 3 is 2.25 bits per heavy atom. The number of nitriles is 1. The second-order valence-electron chi connectivity index (χ2n) is 3.52. The maximum absolute atomic E-state index is 12.6. The minimum atomic E-state index is -5.21. The zero-order valence-electron chi connectivity index (χ0n) is 9.64. The molecule has 110 valence electrons. The van der Waals surface area contributed by atoms with Crippen LogP contribution in [0.25, 0.3) is 0 Å². The van der Waals surface area contributed by atoms with E-state index >= 15 is 0 Å². The maximum atomic E-state index is 12.6. The number of ether oxygens (including phenoxy) is 1. The molecule has 0 saturated carbocycles. The topological polar surface area (TPSA) is 71.9 Å². The average molecular weight is 299 g/mol. The van der Waals surface area contributed by atoms with Crippen LogP contribution < -0.4 is 10.5 Å². The van der Waals surface area contributed by atoms with E-state index in [1.54, 1.807) is 0 Å². The molecular formula is C10H7F6N3O. The third-order valence-corrected chi connectivity index (χ3v) is 2.16. The molecule has 0 fully saturated rings. The molecule has 0 aromatic carbocycles. The van der Waals surface area contributed by atoms with Crippen molar-refractivity contribution in [2.24, 2.45) is 5.73 Å². The monoisotopic (exact) mass is 299 g/mol. The van der Waals surface area contributed by atoms with E-state index in [4.69, 9.17) is 11.0 Å². The summed E-state index contributed by atoms with van der Waals surface area (Å²) in [4.78, 5) is 3.03. The Morgan fingerprint density at radius 2 is 1.85 bits per heavy atom. The number of pyridine rings is 1. The molecule has 10 heteroatoms. The van der Waals surface area contributed by atoms with Gasteiger partial charge in [0.2, 0.25) is 0 Å². The van der Waals surface area contributed by atoms with E-state index < -0.39 is 48.1 Å². The first-order valence-corrected chi connectivity index (χ1v) is 5.01. The Morgan fingerprint density at radius 1 is 1.25 bits per heavy atom. The van der Waals surface area contributed by atoms with E-state index in [9.17, 15) is 26.3 Å². The highest BCUT2D eigenvalue weighted by Gasteiger charge is 2.40. The fraction of sp³-hybridized carbons (Fsp3) is 0.400. The van der Waals surface area contributed by atoms with Crippen LogP contribution in [0.1, 0.15) is 16.8 Å². The average Bonchev–Trinajstić information content (AvgIpc) is 2.27. The summed E-state index contributed by atoms with van der Waals surface area (Å²) in [6.07, 6.45) is -10.3. The molecule has 1 heterocycles. The van der Waals surface area contributed by atoms with Gasteiger partial charge in [-0.15, -0.1) is 13.2 Å².